The average Bonchev–Trinajstić information content (AvgIpc) is 3.05. The third kappa shape index (κ3) is 2.91. The van der Waals surface area contributed by atoms with Crippen LogP contribution in [-0.4, -0.2) is 19.7 Å². The van der Waals surface area contributed by atoms with E-state index in [1.165, 1.54) is 0 Å². The number of nitrogens with two attached hydrogens (primary N) is 1. The minimum atomic E-state index is 0.404. The number of fused-ring (bicyclic) bond motifs is 1. The SMILES string of the molecule is N#Cc1cccc(Cn2cc3c(N)nc(-c4ccccc4)nc3n2)c1. The van der Waals surface area contributed by atoms with Crippen molar-refractivity contribution in [1.82, 2.24) is 19.7 Å². The van der Waals surface area contributed by atoms with E-state index in [9.17, 15) is 0 Å². The highest BCUT2D eigenvalue weighted by molar-refractivity contribution is 5.86. The molecule has 0 aliphatic heterocycles. The monoisotopic (exact) mass is 326 g/mol. The Hall–Kier alpha value is -3.72. The first kappa shape index (κ1) is 14.8. The van der Waals surface area contributed by atoms with Crippen molar-refractivity contribution in [2.45, 2.75) is 6.54 Å². The van der Waals surface area contributed by atoms with Crippen LogP contribution in [0.2, 0.25) is 0 Å². The number of aromatic nitrogens is 4. The lowest BCUT2D eigenvalue weighted by Crippen LogP contribution is -2.00. The summed E-state index contributed by atoms with van der Waals surface area (Å²) in [6.45, 7) is 0.534. The van der Waals surface area contributed by atoms with E-state index in [4.69, 9.17) is 11.0 Å². The number of nitriles is 1. The van der Waals surface area contributed by atoms with Crippen molar-refractivity contribution < 1.29 is 0 Å². The molecule has 0 unspecified atom stereocenters. The number of nitrogen functional groups attached to an aromatic ring is 1. The number of benzene rings is 2. The molecule has 6 heteroatoms. The van der Waals surface area contributed by atoms with E-state index in [1.54, 1.807) is 10.7 Å². The molecule has 25 heavy (non-hydrogen) atoms. The van der Waals surface area contributed by atoms with E-state index in [0.717, 1.165) is 16.5 Å². The minimum absolute atomic E-state index is 0.404. The van der Waals surface area contributed by atoms with Gasteiger partial charge in [0.05, 0.1) is 23.6 Å². The van der Waals surface area contributed by atoms with Gasteiger partial charge in [-0.3, -0.25) is 4.68 Å². The maximum absolute atomic E-state index is 9.01. The first-order chi connectivity index (χ1) is 12.2. The van der Waals surface area contributed by atoms with Crippen molar-refractivity contribution in [2.75, 3.05) is 5.73 Å². The summed E-state index contributed by atoms with van der Waals surface area (Å²) in [5, 5.41) is 14.2. The van der Waals surface area contributed by atoms with Gasteiger partial charge in [0.2, 0.25) is 0 Å². The molecule has 0 saturated heterocycles. The van der Waals surface area contributed by atoms with Crippen molar-refractivity contribution in [1.29, 1.82) is 5.26 Å². The fraction of sp³-hybridized carbons (Fsp3) is 0.0526. The summed E-state index contributed by atoms with van der Waals surface area (Å²) in [5.41, 5.74) is 9.17. The van der Waals surface area contributed by atoms with E-state index in [1.807, 2.05) is 54.7 Å². The molecular weight excluding hydrogens is 312 g/mol. The lowest BCUT2D eigenvalue weighted by molar-refractivity contribution is 0.693. The Morgan fingerprint density at radius 2 is 1.88 bits per heavy atom. The Labute approximate surface area is 144 Å². The van der Waals surface area contributed by atoms with E-state index in [2.05, 4.69) is 21.1 Å². The maximum Gasteiger partial charge on any atom is 0.186 e. The topological polar surface area (TPSA) is 93.4 Å². The zero-order valence-electron chi connectivity index (χ0n) is 13.3. The minimum Gasteiger partial charge on any atom is -0.383 e. The molecule has 0 saturated carbocycles. The number of rotatable bonds is 3. The van der Waals surface area contributed by atoms with Gasteiger partial charge in [-0.2, -0.15) is 10.4 Å². The molecule has 0 radical (unpaired) electrons. The molecule has 0 atom stereocenters. The summed E-state index contributed by atoms with van der Waals surface area (Å²) < 4.78 is 1.76. The third-order valence-electron chi connectivity index (χ3n) is 3.89. The molecule has 0 amide bonds. The molecule has 6 nitrogen and oxygen atoms in total. The second-order valence-corrected chi connectivity index (χ2v) is 5.67. The van der Waals surface area contributed by atoms with E-state index < -0.39 is 0 Å². The van der Waals surface area contributed by atoms with Crippen LogP contribution in [-0.2, 0) is 6.54 Å². The predicted octanol–water partition coefficient (Wildman–Crippen LogP) is 3.00. The third-order valence-corrected chi connectivity index (χ3v) is 3.89. The molecule has 0 bridgehead atoms. The standard InChI is InChI=1S/C19H14N6/c20-10-13-5-4-6-14(9-13)11-25-12-16-17(21)22-18(23-19(16)24-25)15-7-2-1-3-8-15/h1-9,12H,11H2,(H2,21,22,23,24). The second-order valence-electron chi connectivity index (χ2n) is 5.67. The maximum atomic E-state index is 9.01. The predicted molar refractivity (Wildman–Crippen MR) is 95.4 cm³/mol. The average molecular weight is 326 g/mol. The van der Waals surface area contributed by atoms with Crippen molar-refractivity contribution in [3.8, 4) is 17.5 Å². The Kier molecular flexibility index (Phi) is 3.60. The second kappa shape index (κ2) is 6.06. The number of hydrogen-bond donors (Lipinski definition) is 1. The largest absolute Gasteiger partial charge is 0.383 e. The fourth-order valence-electron chi connectivity index (χ4n) is 2.70. The summed E-state index contributed by atoms with van der Waals surface area (Å²) in [5.74, 6) is 0.961. The van der Waals surface area contributed by atoms with Crippen LogP contribution in [0.5, 0.6) is 0 Å². The van der Waals surface area contributed by atoms with E-state index >= 15 is 0 Å². The van der Waals surface area contributed by atoms with Crippen LogP contribution < -0.4 is 5.73 Å². The van der Waals surface area contributed by atoms with Crippen molar-refractivity contribution in [3.05, 3.63) is 71.9 Å². The zero-order chi connectivity index (χ0) is 17.2. The summed E-state index contributed by atoms with van der Waals surface area (Å²) in [4.78, 5) is 8.92. The van der Waals surface area contributed by atoms with Gasteiger partial charge in [-0.15, -0.1) is 0 Å². The van der Waals surface area contributed by atoms with Gasteiger partial charge in [-0.25, -0.2) is 9.97 Å². The van der Waals surface area contributed by atoms with Gasteiger partial charge in [-0.05, 0) is 17.7 Å². The molecule has 120 valence electrons. The van der Waals surface area contributed by atoms with Crippen LogP contribution in [0.4, 0.5) is 5.82 Å². The van der Waals surface area contributed by atoms with Crippen LogP contribution in [0.25, 0.3) is 22.4 Å². The molecule has 4 aromatic rings. The Morgan fingerprint density at radius 3 is 2.68 bits per heavy atom. The smallest absolute Gasteiger partial charge is 0.186 e. The molecule has 2 aromatic carbocycles. The first-order valence-corrected chi connectivity index (χ1v) is 7.78. The molecule has 2 aromatic heterocycles. The van der Waals surface area contributed by atoms with Gasteiger partial charge in [0.15, 0.2) is 11.5 Å². The molecular formula is C19H14N6. The van der Waals surface area contributed by atoms with E-state index in [0.29, 0.717) is 29.4 Å². The summed E-state index contributed by atoms with van der Waals surface area (Å²) >= 11 is 0. The van der Waals surface area contributed by atoms with Crippen LogP contribution in [0.1, 0.15) is 11.1 Å². The highest BCUT2D eigenvalue weighted by atomic mass is 15.3. The van der Waals surface area contributed by atoms with Gasteiger partial charge in [0.1, 0.15) is 5.82 Å². The summed E-state index contributed by atoms with van der Waals surface area (Å²) in [6, 6.07) is 19.3. The van der Waals surface area contributed by atoms with Crippen LogP contribution in [0.15, 0.2) is 60.8 Å². The van der Waals surface area contributed by atoms with Crippen LogP contribution in [0, 0.1) is 11.3 Å². The quantitative estimate of drug-likeness (QED) is 0.624. The number of anilines is 1. The highest BCUT2D eigenvalue weighted by Crippen LogP contribution is 2.22. The van der Waals surface area contributed by atoms with Crippen LogP contribution >= 0.6 is 0 Å². The fourth-order valence-corrected chi connectivity index (χ4v) is 2.70. The zero-order valence-corrected chi connectivity index (χ0v) is 13.3. The Bertz CT molecular complexity index is 1090. The van der Waals surface area contributed by atoms with Crippen molar-refractivity contribution in [2.24, 2.45) is 0 Å². The van der Waals surface area contributed by atoms with Gasteiger partial charge < -0.3 is 5.73 Å². The van der Waals surface area contributed by atoms with Gasteiger partial charge in [-0.1, -0.05) is 42.5 Å². The molecule has 0 aliphatic carbocycles. The van der Waals surface area contributed by atoms with Gasteiger partial charge >= 0.3 is 0 Å². The molecule has 4 rings (SSSR count). The van der Waals surface area contributed by atoms with Gasteiger partial charge in [0, 0.05) is 11.8 Å². The first-order valence-electron chi connectivity index (χ1n) is 7.78. The molecule has 0 spiro atoms. The lowest BCUT2D eigenvalue weighted by atomic mass is 10.1. The molecule has 2 N–H and O–H groups in total. The van der Waals surface area contributed by atoms with Gasteiger partial charge in [0.25, 0.3) is 0 Å². The molecule has 0 aliphatic rings. The number of nitrogens with zero attached hydrogens (tertiary/aromatic N) is 5. The number of hydrogen-bond acceptors (Lipinski definition) is 5. The lowest BCUT2D eigenvalue weighted by Gasteiger charge is -2.01. The van der Waals surface area contributed by atoms with Crippen LogP contribution in [0.3, 0.4) is 0 Å². The summed E-state index contributed by atoms with van der Waals surface area (Å²) in [6.07, 6.45) is 1.83. The van der Waals surface area contributed by atoms with E-state index in [-0.39, 0.29) is 0 Å². The molecule has 0 fully saturated rings. The highest BCUT2D eigenvalue weighted by Gasteiger charge is 2.11. The Morgan fingerprint density at radius 1 is 1.04 bits per heavy atom. The summed E-state index contributed by atoms with van der Waals surface area (Å²) in [7, 11) is 0. The van der Waals surface area contributed by atoms with Crippen molar-refractivity contribution in [3.63, 3.8) is 0 Å². The molecule has 2 heterocycles. The normalized spacial score (nSPS) is 10.7. The van der Waals surface area contributed by atoms with Crippen molar-refractivity contribution >= 4 is 16.9 Å². The Balaban J connectivity index is 1.73.